The highest BCUT2D eigenvalue weighted by Gasteiger charge is 2.36. The van der Waals surface area contributed by atoms with E-state index in [1.807, 2.05) is 43.0 Å². The molecule has 0 saturated carbocycles. The molecule has 4 saturated heterocycles. The lowest BCUT2D eigenvalue weighted by molar-refractivity contribution is -0.134. The normalized spacial score (nSPS) is 19.0. The summed E-state index contributed by atoms with van der Waals surface area (Å²) in [6, 6.07) is 15.3. The van der Waals surface area contributed by atoms with Crippen LogP contribution >= 0.6 is 23.1 Å². The Morgan fingerprint density at radius 1 is 0.882 bits per heavy atom. The third-order valence-corrected chi connectivity index (χ3v) is 16.0. The Morgan fingerprint density at radius 2 is 1.62 bits per heavy atom. The third kappa shape index (κ3) is 10.2. The second-order valence-corrected chi connectivity index (χ2v) is 22.9. The molecule has 2 aromatic heterocycles. The summed E-state index contributed by atoms with van der Waals surface area (Å²) in [4.78, 5) is 47.6. The summed E-state index contributed by atoms with van der Waals surface area (Å²) in [5.41, 5.74) is 5.81. The molecule has 68 heavy (non-hydrogen) atoms. The topological polar surface area (TPSA) is 148 Å². The number of amides is 2. The molecule has 0 bridgehead atoms. The average molecular weight is 1010 g/mol. The van der Waals surface area contributed by atoms with Gasteiger partial charge in [-0.3, -0.25) is 24.8 Å². The quantitative estimate of drug-likeness (QED) is 0.0725. The number of piperazine rings is 1. The van der Waals surface area contributed by atoms with E-state index in [0.717, 1.165) is 112 Å². The van der Waals surface area contributed by atoms with Crippen molar-refractivity contribution in [3.8, 4) is 5.75 Å². The maximum absolute atomic E-state index is 15.2. The minimum atomic E-state index is -2.74. The van der Waals surface area contributed by atoms with E-state index >= 15 is 8.78 Å². The monoisotopic (exact) mass is 1010 g/mol. The van der Waals surface area contributed by atoms with Crippen LogP contribution in [-0.4, -0.2) is 121 Å². The Hall–Kier alpha value is -5.22. The number of pyridine rings is 1. The summed E-state index contributed by atoms with van der Waals surface area (Å²) in [5.74, 6) is -1.47. The lowest BCUT2D eigenvalue weighted by Gasteiger charge is -2.47. The van der Waals surface area contributed by atoms with Crippen LogP contribution in [0.1, 0.15) is 62.3 Å². The van der Waals surface area contributed by atoms with Crippen molar-refractivity contribution >= 4 is 85.6 Å². The predicted octanol–water partition coefficient (Wildman–Crippen LogP) is 8.31. The van der Waals surface area contributed by atoms with E-state index in [0.29, 0.717) is 46.2 Å². The third-order valence-electron chi connectivity index (χ3n) is 13.8. The van der Waals surface area contributed by atoms with Gasteiger partial charge >= 0.3 is 0 Å². The van der Waals surface area contributed by atoms with Crippen molar-refractivity contribution in [2.75, 3.05) is 99.3 Å². The first kappa shape index (κ1) is 47.8. The van der Waals surface area contributed by atoms with Gasteiger partial charge in [0.2, 0.25) is 17.8 Å². The predicted molar refractivity (Wildman–Crippen MR) is 269 cm³/mol. The Balaban J connectivity index is 0.788. The molecule has 1 atom stereocenters. The second-order valence-electron chi connectivity index (χ2n) is 18.9. The lowest BCUT2D eigenvalue weighted by atomic mass is 9.89. The van der Waals surface area contributed by atoms with Crippen molar-refractivity contribution in [1.29, 1.82) is 0 Å². The standard InChI is InChI=1S/C50H60BrF2N10O4P/c1-6-32-22-42(57-50-54-26-37(51)48(59-50)56-41-12-11-40-35(9-8-30(3)55-40)47(41)68(4,5)66)44(67-7-2)25-43(32)62-16-14-33(15-17-62)61-20-18-60(19-21-61)27-31-28-63(29-31)34-23-38(52)46(39(53)24-34)36-10-13-45(64)58-49(36)65/h8-9,11-12,22-26,31,33,36H,6-7,10,13-21,27-29H2,1-5H3,(H,58,64,65)(H2,54,56,57,59)/t36-/m1/s1. The molecule has 360 valence electrons. The van der Waals surface area contributed by atoms with Crippen molar-refractivity contribution in [3.05, 3.63) is 87.7 Å². The van der Waals surface area contributed by atoms with Crippen LogP contribution in [0.3, 0.4) is 0 Å². The molecule has 4 aliphatic rings. The Labute approximate surface area is 405 Å². The number of hydrogen-bond donors (Lipinski definition) is 3. The highest BCUT2D eigenvalue weighted by molar-refractivity contribution is 9.10. The number of imide groups is 1. The summed E-state index contributed by atoms with van der Waals surface area (Å²) in [5, 5.41) is 10.7. The largest absolute Gasteiger partial charge is 0.492 e. The highest BCUT2D eigenvalue weighted by atomic mass is 79.9. The Bertz CT molecular complexity index is 2750. The number of benzene rings is 3. The van der Waals surface area contributed by atoms with Crippen molar-refractivity contribution in [2.24, 2.45) is 5.92 Å². The van der Waals surface area contributed by atoms with Crippen molar-refractivity contribution in [1.82, 2.24) is 30.1 Å². The van der Waals surface area contributed by atoms with Gasteiger partial charge in [-0.1, -0.05) is 13.0 Å². The van der Waals surface area contributed by atoms with Crippen LogP contribution in [0.4, 0.5) is 43.3 Å². The molecule has 14 nitrogen and oxygen atoms in total. The number of aromatic nitrogens is 3. The summed E-state index contributed by atoms with van der Waals surface area (Å²) in [6.45, 7) is 18.5. The van der Waals surface area contributed by atoms with Gasteiger partial charge in [0.05, 0.1) is 33.9 Å². The number of ether oxygens (including phenoxy) is 1. The van der Waals surface area contributed by atoms with E-state index in [9.17, 15) is 14.2 Å². The van der Waals surface area contributed by atoms with E-state index in [1.54, 1.807) is 19.5 Å². The van der Waals surface area contributed by atoms with Gasteiger partial charge in [0.1, 0.15) is 30.3 Å². The van der Waals surface area contributed by atoms with Gasteiger partial charge in [-0.15, -0.1) is 0 Å². The summed E-state index contributed by atoms with van der Waals surface area (Å²) < 4.78 is 51.0. The fourth-order valence-electron chi connectivity index (χ4n) is 10.4. The van der Waals surface area contributed by atoms with Crippen LogP contribution in [0, 0.1) is 24.5 Å². The maximum Gasteiger partial charge on any atom is 0.234 e. The van der Waals surface area contributed by atoms with Crippen LogP contribution in [0.5, 0.6) is 5.75 Å². The van der Waals surface area contributed by atoms with Gasteiger partial charge in [0.25, 0.3) is 0 Å². The van der Waals surface area contributed by atoms with Gasteiger partial charge in [-0.05, 0) is 111 Å². The number of hydrogen-bond acceptors (Lipinski definition) is 13. The molecule has 3 aromatic carbocycles. The van der Waals surface area contributed by atoms with Gasteiger partial charge in [0.15, 0.2) is 0 Å². The Kier molecular flexibility index (Phi) is 14.1. The minimum Gasteiger partial charge on any atom is -0.492 e. The lowest BCUT2D eigenvalue weighted by Crippen LogP contribution is -2.57. The molecular weight excluding hydrogens is 953 g/mol. The number of aryl methyl sites for hydroxylation is 2. The van der Waals surface area contributed by atoms with Crippen LogP contribution in [0.25, 0.3) is 10.9 Å². The molecule has 9 rings (SSSR count). The van der Waals surface area contributed by atoms with Crippen LogP contribution in [0.15, 0.2) is 59.2 Å². The number of anilines is 6. The first-order valence-electron chi connectivity index (χ1n) is 23.8. The van der Waals surface area contributed by atoms with Crippen LogP contribution in [-0.2, 0) is 20.6 Å². The molecule has 18 heteroatoms. The molecule has 0 radical (unpaired) electrons. The molecule has 6 heterocycles. The van der Waals surface area contributed by atoms with Gasteiger partial charge < -0.3 is 34.6 Å². The van der Waals surface area contributed by atoms with Crippen molar-refractivity contribution < 1.29 is 27.7 Å². The van der Waals surface area contributed by atoms with Gasteiger partial charge in [0, 0.05) is 123 Å². The zero-order valence-corrected chi connectivity index (χ0v) is 41.9. The highest BCUT2D eigenvalue weighted by Crippen LogP contribution is 2.43. The van der Waals surface area contributed by atoms with E-state index < -0.39 is 36.5 Å². The van der Waals surface area contributed by atoms with Crippen molar-refractivity contribution in [2.45, 2.75) is 64.8 Å². The zero-order chi connectivity index (χ0) is 47.9. The SMILES string of the molecule is CCOc1cc(N2CCC(N3CCN(CC4CN(c5cc(F)c([C@H]6CCC(=O)NC6=O)c(F)c5)C4)CC3)CC2)c(CC)cc1Nc1ncc(Br)c(Nc2ccc3nc(C)ccc3c2P(C)(C)=O)n1. The Morgan fingerprint density at radius 3 is 2.29 bits per heavy atom. The summed E-state index contributed by atoms with van der Waals surface area (Å²) in [6.07, 6.45) is 4.85. The number of halogens is 3. The van der Waals surface area contributed by atoms with Gasteiger partial charge in [-0.25, -0.2) is 13.8 Å². The molecule has 2 amide bonds. The number of carbonyl (C=O) groups excluding carboxylic acids is 2. The number of carbonyl (C=O) groups is 2. The second kappa shape index (κ2) is 20.0. The molecule has 0 spiro atoms. The summed E-state index contributed by atoms with van der Waals surface area (Å²) in [7, 11) is -2.74. The number of fused-ring (bicyclic) bond motifs is 1. The van der Waals surface area contributed by atoms with Crippen LogP contribution < -0.4 is 35.8 Å². The fraction of sp³-hybridized carbons (Fsp3) is 0.460. The first-order valence-corrected chi connectivity index (χ1v) is 27.2. The van der Waals surface area contributed by atoms with Crippen LogP contribution in [0.2, 0.25) is 0 Å². The molecule has 5 aromatic rings. The van der Waals surface area contributed by atoms with E-state index in [1.165, 1.54) is 23.4 Å². The maximum atomic E-state index is 15.2. The number of nitrogens with one attached hydrogen (secondary N) is 3. The smallest absolute Gasteiger partial charge is 0.234 e. The average Bonchev–Trinajstić information content (AvgIpc) is 3.29. The minimum absolute atomic E-state index is 0.0658. The molecule has 4 aliphatic heterocycles. The van der Waals surface area contributed by atoms with Crippen molar-refractivity contribution in [3.63, 3.8) is 0 Å². The first-order chi connectivity index (χ1) is 32.6. The molecule has 0 aliphatic carbocycles. The van der Waals surface area contributed by atoms with E-state index in [2.05, 4.69) is 75.6 Å². The molecule has 3 N–H and O–H groups in total. The van der Waals surface area contributed by atoms with E-state index in [-0.39, 0.29) is 18.4 Å². The van der Waals surface area contributed by atoms with Gasteiger partial charge in [-0.2, -0.15) is 4.98 Å². The summed E-state index contributed by atoms with van der Waals surface area (Å²) >= 11 is 3.63. The van der Waals surface area contributed by atoms with E-state index in [4.69, 9.17) is 9.72 Å². The fourth-order valence-corrected chi connectivity index (χ4v) is 12.2. The molecule has 0 unspecified atom stereocenters. The molecule has 4 fully saturated rings. The number of piperidine rings is 2. The number of nitrogens with zero attached hydrogens (tertiary/aromatic N) is 7. The zero-order valence-electron chi connectivity index (χ0n) is 39.4. The molecular formula is C50H60BrF2N10O4P. The number of rotatable bonds is 14.